The predicted octanol–water partition coefficient (Wildman–Crippen LogP) is 1.62. The molecule has 6 heteroatoms. The highest BCUT2D eigenvalue weighted by atomic mass is 35.5. The van der Waals surface area contributed by atoms with Crippen molar-refractivity contribution in [3.8, 4) is 0 Å². The van der Waals surface area contributed by atoms with Gasteiger partial charge in [0.2, 0.25) is 0 Å². The number of carboxylic acids is 2. The van der Waals surface area contributed by atoms with Gasteiger partial charge in [0.15, 0.2) is 0 Å². The number of halogens is 1. The molecule has 0 aromatic heterocycles. The lowest BCUT2D eigenvalue weighted by molar-refractivity contribution is -0.136. The molecule has 1 aromatic rings. The molecular formula is C11H12ClNO4. The number of carbonyl (C=O) groups is 2. The Balaban J connectivity index is 2.98. The third kappa shape index (κ3) is 3.96. The lowest BCUT2D eigenvalue weighted by Gasteiger charge is -2.21. The number of hydrogen-bond donors (Lipinski definition) is 2. The van der Waals surface area contributed by atoms with Crippen LogP contribution in [0.15, 0.2) is 18.2 Å². The van der Waals surface area contributed by atoms with Gasteiger partial charge in [-0.15, -0.1) is 0 Å². The highest BCUT2D eigenvalue weighted by molar-refractivity contribution is 6.31. The van der Waals surface area contributed by atoms with Crippen LogP contribution in [0.5, 0.6) is 0 Å². The van der Waals surface area contributed by atoms with Gasteiger partial charge in [0, 0.05) is 10.7 Å². The van der Waals surface area contributed by atoms with Crippen molar-refractivity contribution >= 4 is 29.2 Å². The van der Waals surface area contributed by atoms with E-state index < -0.39 is 11.9 Å². The van der Waals surface area contributed by atoms with Crippen LogP contribution < -0.4 is 4.90 Å². The normalized spacial score (nSPS) is 10.0. The third-order valence-corrected chi connectivity index (χ3v) is 2.58. The standard InChI is InChI=1S/C11H12ClNO4/c1-7-2-3-8(4-9(7)12)13(5-10(14)15)6-11(16)17/h2-4H,5-6H2,1H3,(H,14,15)(H,16,17). The summed E-state index contributed by atoms with van der Waals surface area (Å²) in [6.07, 6.45) is 0. The summed E-state index contributed by atoms with van der Waals surface area (Å²) in [4.78, 5) is 22.5. The average Bonchev–Trinajstić information content (AvgIpc) is 2.19. The summed E-state index contributed by atoms with van der Waals surface area (Å²) in [7, 11) is 0. The van der Waals surface area contributed by atoms with Gasteiger partial charge in [-0.1, -0.05) is 17.7 Å². The molecule has 0 spiro atoms. The first-order chi connectivity index (χ1) is 7.90. The quantitative estimate of drug-likeness (QED) is 0.838. The van der Waals surface area contributed by atoms with Crippen LogP contribution in [0.2, 0.25) is 5.02 Å². The van der Waals surface area contributed by atoms with Crippen LogP contribution in [0.4, 0.5) is 5.69 Å². The lowest BCUT2D eigenvalue weighted by atomic mass is 10.2. The van der Waals surface area contributed by atoms with Crippen molar-refractivity contribution < 1.29 is 19.8 Å². The molecule has 1 aromatic carbocycles. The molecule has 0 atom stereocenters. The fraction of sp³-hybridized carbons (Fsp3) is 0.273. The smallest absolute Gasteiger partial charge is 0.323 e. The summed E-state index contributed by atoms with van der Waals surface area (Å²) in [5, 5.41) is 17.9. The molecule has 0 saturated carbocycles. The number of aryl methyl sites for hydroxylation is 1. The van der Waals surface area contributed by atoms with E-state index in [1.54, 1.807) is 18.2 Å². The molecule has 0 heterocycles. The number of rotatable bonds is 5. The fourth-order valence-corrected chi connectivity index (χ4v) is 1.52. The number of nitrogens with zero attached hydrogens (tertiary/aromatic N) is 1. The first-order valence-corrected chi connectivity index (χ1v) is 5.22. The van der Waals surface area contributed by atoms with E-state index in [9.17, 15) is 9.59 Å². The molecule has 0 fully saturated rings. The molecule has 5 nitrogen and oxygen atoms in total. The minimum atomic E-state index is -1.09. The highest BCUT2D eigenvalue weighted by Gasteiger charge is 2.14. The molecule has 0 saturated heterocycles. The molecule has 1 rings (SSSR count). The van der Waals surface area contributed by atoms with Gasteiger partial charge >= 0.3 is 11.9 Å². The van der Waals surface area contributed by atoms with Gasteiger partial charge in [0.1, 0.15) is 13.1 Å². The molecule has 0 amide bonds. The Morgan fingerprint density at radius 2 is 1.76 bits per heavy atom. The van der Waals surface area contributed by atoms with Gasteiger partial charge < -0.3 is 15.1 Å². The predicted molar refractivity (Wildman–Crippen MR) is 63.7 cm³/mol. The van der Waals surface area contributed by atoms with E-state index in [1.165, 1.54) is 4.90 Å². The molecule has 92 valence electrons. The number of carboxylic acid groups (broad SMARTS) is 2. The largest absolute Gasteiger partial charge is 0.480 e. The fourth-order valence-electron chi connectivity index (χ4n) is 1.34. The molecule has 0 unspecified atom stereocenters. The minimum absolute atomic E-state index is 0.383. The SMILES string of the molecule is Cc1ccc(N(CC(=O)O)CC(=O)O)cc1Cl. The van der Waals surface area contributed by atoms with Crippen LogP contribution in [0.3, 0.4) is 0 Å². The average molecular weight is 258 g/mol. The molecule has 0 bridgehead atoms. The summed E-state index contributed by atoms with van der Waals surface area (Å²) < 4.78 is 0. The summed E-state index contributed by atoms with van der Waals surface area (Å²) >= 11 is 5.91. The van der Waals surface area contributed by atoms with Crippen LogP contribution >= 0.6 is 11.6 Å². The van der Waals surface area contributed by atoms with Gasteiger partial charge in [-0.25, -0.2) is 0 Å². The Morgan fingerprint density at radius 3 is 2.18 bits per heavy atom. The molecule has 0 aliphatic rings. The Morgan fingerprint density at radius 1 is 1.24 bits per heavy atom. The van der Waals surface area contributed by atoms with Crippen LogP contribution in [-0.4, -0.2) is 35.2 Å². The van der Waals surface area contributed by atoms with Crippen molar-refractivity contribution in [2.24, 2.45) is 0 Å². The van der Waals surface area contributed by atoms with E-state index in [1.807, 2.05) is 6.92 Å². The zero-order chi connectivity index (χ0) is 13.0. The van der Waals surface area contributed by atoms with Gasteiger partial charge in [-0.05, 0) is 24.6 Å². The maximum Gasteiger partial charge on any atom is 0.323 e. The van der Waals surface area contributed by atoms with E-state index in [0.29, 0.717) is 10.7 Å². The zero-order valence-electron chi connectivity index (χ0n) is 9.18. The first kappa shape index (κ1) is 13.3. The van der Waals surface area contributed by atoms with E-state index in [-0.39, 0.29) is 13.1 Å². The minimum Gasteiger partial charge on any atom is -0.480 e. The van der Waals surface area contributed by atoms with Crippen LogP contribution in [0.25, 0.3) is 0 Å². The Bertz CT molecular complexity index is 431. The topological polar surface area (TPSA) is 77.8 Å². The number of aliphatic carboxylic acids is 2. The van der Waals surface area contributed by atoms with Gasteiger partial charge in [0.25, 0.3) is 0 Å². The second kappa shape index (κ2) is 5.54. The Kier molecular flexibility index (Phi) is 4.34. The Labute approximate surface area is 103 Å². The molecule has 0 aliphatic heterocycles. The van der Waals surface area contributed by atoms with Crippen molar-refractivity contribution in [3.63, 3.8) is 0 Å². The number of hydrogen-bond acceptors (Lipinski definition) is 3. The lowest BCUT2D eigenvalue weighted by Crippen LogP contribution is -2.34. The molecule has 2 N–H and O–H groups in total. The van der Waals surface area contributed by atoms with E-state index in [4.69, 9.17) is 21.8 Å². The maximum atomic E-state index is 10.6. The molecule has 0 aliphatic carbocycles. The maximum absolute atomic E-state index is 10.6. The van der Waals surface area contributed by atoms with Gasteiger partial charge in [-0.3, -0.25) is 9.59 Å². The summed E-state index contributed by atoms with van der Waals surface area (Å²) in [5.41, 5.74) is 1.33. The third-order valence-electron chi connectivity index (χ3n) is 2.17. The van der Waals surface area contributed by atoms with E-state index >= 15 is 0 Å². The first-order valence-electron chi connectivity index (χ1n) is 4.85. The van der Waals surface area contributed by atoms with E-state index in [2.05, 4.69) is 0 Å². The van der Waals surface area contributed by atoms with Crippen molar-refractivity contribution in [2.75, 3.05) is 18.0 Å². The van der Waals surface area contributed by atoms with Crippen LogP contribution in [0, 0.1) is 6.92 Å². The molecular weight excluding hydrogens is 246 g/mol. The second-order valence-electron chi connectivity index (χ2n) is 3.58. The highest BCUT2D eigenvalue weighted by Crippen LogP contribution is 2.22. The van der Waals surface area contributed by atoms with E-state index in [0.717, 1.165) is 5.56 Å². The summed E-state index contributed by atoms with van der Waals surface area (Å²) in [5.74, 6) is -2.19. The van der Waals surface area contributed by atoms with Crippen LogP contribution in [-0.2, 0) is 9.59 Å². The summed E-state index contributed by atoms with van der Waals surface area (Å²) in [6, 6.07) is 4.92. The Hall–Kier alpha value is -1.75. The second-order valence-corrected chi connectivity index (χ2v) is 3.98. The monoisotopic (exact) mass is 257 g/mol. The summed E-state index contributed by atoms with van der Waals surface area (Å²) in [6.45, 7) is 1.04. The van der Waals surface area contributed by atoms with Crippen LogP contribution in [0.1, 0.15) is 5.56 Å². The van der Waals surface area contributed by atoms with Gasteiger partial charge in [0.05, 0.1) is 0 Å². The van der Waals surface area contributed by atoms with Gasteiger partial charge in [-0.2, -0.15) is 0 Å². The number of anilines is 1. The van der Waals surface area contributed by atoms with Crippen molar-refractivity contribution in [1.82, 2.24) is 0 Å². The zero-order valence-corrected chi connectivity index (χ0v) is 9.94. The molecule has 0 radical (unpaired) electrons. The molecule has 17 heavy (non-hydrogen) atoms. The van der Waals surface area contributed by atoms with Crippen molar-refractivity contribution in [2.45, 2.75) is 6.92 Å². The van der Waals surface area contributed by atoms with Crippen molar-refractivity contribution in [1.29, 1.82) is 0 Å². The number of benzene rings is 1. The van der Waals surface area contributed by atoms with Crippen molar-refractivity contribution in [3.05, 3.63) is 28.8 Å².